The summed E-state index contributed by atoms with van der Waals surface area (Å²) in [6, 6.07) is 62.7. The van der Waals surface area contributed by atoms with Gasteiger partial charge in [-0.1, -0.05) is 115 Å². The lowest BCUT2D eigenvalue weighted by Crippen LogP contribution is -1.97. The monoisotopic (exact) mass is 693 g/mol. The Morgan fingerprint density at radius 1 is 0.340 bits per heavy atom. The second kappa shape index (κ2) is 13.1. The minimum atomic E-state index is 0.687. The highest BCUT2D eigenvalue weighted by molar-refractivity contribution is 7.25. The molecule has 0 unspecified atom stereocenters. The average Bonchev–Trinajstić information content (AvgIpc) is 3.62. The molecule has 0 saturated carbocycles. The van der Waals surface area contributed by atoms with E-state index in [-0.39, 0.29) is 0 Å². The SMILES string of the molecule is c1ccc(-c2nc(-c3cc(-c4ccc5ccccc5c4)cc(-c4ccc5sc6ccccc6c5c4)c3)cc(-c3ccccc3-c3ccncc3)n2)cc1. The van der Waals surface area contributed by atoms with Crippen LogP contribution in [0.3, 0.4) is 0 Å². The number of nitrogens with zero attached hydrogens (tertiary/aromatic N) is 3. The number of benzene rings is 7. The van der Waals surface area contributed by atoms with Crippen molar-refractivity contribution in [2.45, 2.75) is 0 Å². The maximum absolute atomic E-state index is 5.28. The maximum atomic E-state index is 5.28. The van der Waals surface area contributed by atoms with Gasteiger partial charge in [0.2, 0.25) is 0 Å². The van der Waals surface area contributed by atoms with E-state index < -0.39 is 0 Å². The van der Waals surface area contributed by atoms with E-state index in [0.29, 0.717) is 5.82 Å². The fraction of sp³-hybridized carbons (Fsp3) is 0. The van der Waals surface area contributed by atoms with Crippen molar-refractivity contribution in [3.05, 3.63) is 188 Å². The van der Waals surface area contributed by atoms with Gasteiger partial charge in [-0.15, -0.1) is 11.3 Å². The predicted molar refractivity (Wildman–Crippen MR) is 223 cm³/mol. The number of pyridine rings is 1. The summed E-state index contributed by atoms with van der Waals surface area (Å²) in [5.74, 6) is 0.687. The van der Waals surface area contributed by atoms with Crippen molar-refractivity contribution in [1.29, 1.82) is 0 Å². The molecule has 10 rings (SSSR count). The van der Waals surface area contributed by atoms with E-state index in [2.05, 4.69) is 151 Å². The molecule has 53 heavy (non-hydrogen) atoms. The van der Waals surface area contributed by atoms with Crippen LogP contribution in [0, 0.1) is 0 Å². The van der Waals surface area contributed by atoms with Gasteiger partial charge in [-0.3, -0.25) is 4.98 Å². The topological polar surface area (TPSA) is 38.7 Å². The standard InChI is InChI=1S/C49H31N3S/c1-2-11-34(12-3-1)49-51-45(31-46(52-49)42-15-7-6-14-41(42)33-22-24-50-25-23-33)40-28-38(36-19-18-32-10-4-5-13-35(32)26-36)27-39(29-40)37-20-21-48-44(30-37)43-16-8-9-17-47(43)53-48/h1-31H. The van der Waals surface area contributed by atoms with Gasteiger partial charge in [0.1, 0.15) is 0 Å². The van der Waals surface area contributed by atoms with Gasteiger partial charge in [-0.25, -0.2) is 9.97 Å². The zero-order valence-electron chi connectivity index (χ0n) is 28.6. The Kier molecular flexibility index (Phi) is 7.67. The Morgan fingerprint density at radius 2 is 0.981 bits per heavy atom. The molecule has 0 saturated heterocycles. The Bertz CT molecular complexity index is 2950. The molecule has 0 radical (unpaired) electrons. The van der Waals surface area contributed by atoms with Crippen LogP contribution in [-0.4, -0.2) is 15.0 Å². The number of thiophene rings is 1. The largest absolute Gasteiger partial charge is 0.265 e. The molecule has 248 valence electrons. The van der Waals surface area contributed by atoms with Gasteiger partial charge < -0.3 is 0 Å². The highest BCUT2D eigenvalue weighted by Crippen LogP contribution is 2.40. The highest BCUT2D eigenvalue weighted by Gasteiger charge is 2.16. The van der Waals surface area contributed by atoms with Gasteiger partial charge in [-0.05, 0) is 105 Å². The zero-order valence-corrected chi connectivity index (χ0v) is 29.5. The van der Waals surface area contributed by atoms with E-state index >= 15 is 0 Å². The van der Waals surface area contributed by atoms with Crippen LogP contribution in [0.2, 0.25) is 0 Å². The Morgan fingerprint density at radius 3 is 1.83 bits per heavy atom. The quantitative estimate of drug-likeness (QED) is 0.174. The molecule has 0 N–H and O–H groups in total. The van der Waals surface area contributed by atoms with Crippen LogP contribution in [0.1, 0.15) is 0 Å². The summed E-state index contributed by atoms with van der Waals surface area (Å²) >= 11 is 1.84. The highest BCUT2D eigenvalue weighted by atomic mass is 32.1. The van der Waals surface area contributed by atoms with E-state index in [0.717, 1.165) is 55.9 Å². The molecule has 0 spiro atoms. The molecule has 0 aliphatic heterocycles. The number of aromatic nitrogens is 3. The second-order valence-electron chi connectivity index (χ2n) is 13.3. The third kappa shape index (κ3) is 5.85. The Hall–Kier alpha value is -6.75. The van der Waals surface area contributed by atoms with E-state index in [1.165, 1.54) is 36.5 Å². The fourth-order valence-corrected chi connectivity index (χ4v) is 8.41. The fourth-order valence-electron chi connectivity index (χ4n) is 7.32. The molecule has 0 amide bonds. The molecule has 0 bridgehead atoms. The third-order valence-electron chi connectivity index (χ3n) is 9.97. The van der Waals surface area contributed by atoms with Crippen molar-refractivity contribution in [3.8, 4) is 67.3 Å². The Balaban J connectivity index is 1.21. The number of fused-ring (bicyclic) bond motifs is 4. The van der Waals surface area contributed by atoms with Crippen molar-refractivity contribution in [3.63, 3.8) is 0 Å². The van der Waals surface area contributed by atoms with Crippen LogP contribution in [0.15, 0.2) is 188 Å². The van der Waals surface area contributed by atoms with Crippen molar-refractivity contribution >= 4 is 42.3 Å². The molecule has 0 aliphatic carbocycles. The van der Waals surface area contributed by atoms with Gasteiger partial charge >= 0.3 is 0 Å². The summed E-state index contributed by atoms with van der Waals surface area (Å²) in [5, 5.41) is 5.01. The van der Waals surface area contributed by atoms with Crippen LogP contribution in [0.4, 0.5) is 0 Å². The lowest BCUT2D eigenvalue weighted by molar-refractivity contribution is 1.18. The molecular formula is C49H31N3S. The first kappa shape index (κ1) is 31.0. The van der Waals surface area contributed by atoms with Crippen LogP contribution in [0.5, 0.6) is 0 Å². The molecule has 4 heteroatoms. The van der Waals surface area contributed by atoms with E-state index in [4.69, 9.17) is 9.97 Å². The summed E-state index contributed by atoms with van der Waals surface area (Å²) in [6.07, 6.45) is 3.67. The summed E-state index contributed by atoms with van der Waals surface area (Å²) in [6.45, 7) is 0. The minimum Gasteiger partial charge on any atom is -0.265 e. The second-order valence-corrected chi connectivity index (χ2v) is 14.4. The van der Waals surface area contributed by atoms with Gasteiger partial charge in [0.15, 0.2) is 5.82 Å². The van der Waals surface area contributed by atoms with Crippen molar-refractivity contribution < 1.29 is 0 Å². The first-order chi connectivity index (χ1) is 26.2. The van der Waals surface area contributed by atoms with Crippen LogP contribution >= 0.6 is 11.3 Å². The molecule has 0 fully saturated rings. The first-order valence-electron chi connectivity index (χ1n) is 17.7. The number of rotatable bonds is 6. The molecule has 0 aliphatic rings. The first-order valence-corrected chi connectivity index (χ1v) is 18.6. The lowest BCUT2D eigenvalue weighted by Gasteiger charge is -2.15. The maximum Gasteiger partial charge on any atom is 0.160 e. The van der Waals surface area contributed by atoms with Gasteiger partial charge in [0, 0.05) is 49.3 Å². The van der Waals surface area contributed by atoms with Gasteiger partial charge in [-0.2, -0.15) is 0 Å². The van der Waals surface area contributed by atoms with Gasteiger partial charge in [0.25, 0.3) is 0 Å². The van der Waals surface area contributed by atoms with E-state index in [1.54, 1.807) is 0 Å². The minimum absolute atomic E-state index is 0.687. The molecular weight excluding hydrogens is 663 g/mol. The smallest absolute Gasteiger partial charge is 0.160 e. The molecule has 10 aromatic rings. The van der Waals surface area contributed by atoms with Crippen LogP contribution in [0.25, 0.3) is 98.2 Å². The molecule has 0 atom stereocenters. The normalized spacial score (nSPS) is 11.4. The van der Waals surface area contributed by atoms with Crippen LogP contribution < -0.4 is 0 Å². The molecule has 3 aromatic heterocycles. The van der Waals surface area contributed by atoms with E-state index in [1.807, 2.05) is 54.1 Å². The van der Waals surface area contributed by atoms with E-state index in [9.17, 15) is 0 Å². The molecule has 7 aromatic carbocycles. The van der Waals surface area contributed by atoms with Crippen LogP contribution in [-0.2, 0) is 0 Å². The molecule has 3 nitrogen and oxygen atoms in total. The average molecular weight is 694 g/mol. The number of hydrogen-bond acceptors (Lipinski definition) is 4. The number of hydrogen-bond donors (Lipinski definition) is 0. The molecule has 3 heterocycles. The lowest BCUT2D eigenvalue weighted by atomic mass is 9.92. The Labute approximate surface area is 311 Å². The third-order valence-corrected chi connectivity index (χ3v) is 11.1. The summed E-state index contributed by atoms with van der Waals surface area (Å²) < 4.78 is 2.60. The van der Waals surface area contributed by atoms with Crippen molar-refractivity contribution in [2.75, 3.05) is 0 Å². The van der Waals surface area contributed by atoms with Gasteiger partial charge in [0.05, 0.1) is 11.4 Å². The summed E-state index contributed by atoms with van der Waals surface area (Å²) in [5.41, 5.74) is 11.6. The summed E-state index contributed by atoms with van der Waals surface area (Å²) in [7, 11) is 0. The van der Waals surface area contributed by atoms with Crippen molar-refractivity contribution in [1.82, 2.24) is 15.0 Å². The summed E-state index contributed by atoms with van der Waals surface area (Å²) in [4.78, 5) is 14.8. The zero-order chi connectivity index (χ0) is 35.1. The predicted octanol–water partition coefficient (Wildman–Crippen LogP) is 13.4. The van der Waals surface area contributed by atoms with Crippen molar-refractivity contribution in [2.24, 2.45) is 0 Å².